The average Bonchev–Trinajstić information content (AvgIpc) is 2.28. The zero-order chi connectivity index (χ0) is 13.1. The lowest BCUT2D eigenvalue weighted by Crippen LogP contribution is -2.43. The molecule has 1 heterocycles. The minimum absolute atomic E-state index is 0.300. The smallest absolute Gasteiger partial charge is 0.0471 e. The molecule has 0 radical (unpaired) electrons. The fourth-order valence-electron chi connectivity index (χ4n) is 3.18. The summed E-state index contributed by atoms with van der Waals surface area (Å²) in [6.07, 6.45) is 1.32. The highest BCUT2D eigenvalue weighted by Crippen LogP contribution is 2.29. The van der Waals surface area contributed by atoms with Gasteiger partial charge in [-0.2, -0.15) is 0 Å². The quantitative estimate of drug-likeness (QED) is 0.909. The van der Waals surface area contributed by atoms with Gasteiger partial charge in [-0.25, -0.2) is 0 Å². The Balaban J connectivity index is 2.17. The standard InChI is InChI=1S/C15H23ClN2/c1-11-6-12(2)10-18(9-11)15(8-17)13-4-3-5-14(16)7-13/h3-5,7,11-12,15H,6,8-10,17H2,1-2H3. The molecule has 2 nitrogen and oxygen atoms in total. The Morgan fingerprint density at radius 2 is 2.00 bits per heavy atom. The lowest BCUT2D eigenvalue weighted by Gasteiger charge is -2.40. The molecule has 2 N–H and O–H groups in total. The maximum Gasteiger partial charge on any atom is 0.0471 e. The fourth-order valence-corrected chi connectivity index (χ4v) is 3.37. The van der Waals surface area contributed by atoms with Gasteiger partial charge in [0.15, 0.2) is 0 Å². The summed E-state index contributed by atoms with van der Waals surface area (Å²) >= 11 is 6.08. The highest BCUT2D eigenvalue weighted by molar-refractivity contribution is 6.30. The van der Waals surface area contributed by atoms with E-state index >= 15 is 0 Å². The summed E-state index contributed by atoms with van der Waals surface area (Å²) in [7, 11) is 0. The molecular weight excluding hydrogens is 244 g/mol. The summed E-state index contributed by atoms with van der Waals surface area (Å²) in [5.74, 6) is 1.50. The van der Waals surface area contributed by atoms with Crippen molar-refractivity contribution in [1.82, 2.24) is 4.90 Å². The van der Waals surface area contributed by atoms with Crippen molar-refractivity contribution in [3.05, 3.63) is 34.9 Å². The van der Waals surface area contributed by atoms with E-state index in [1.165, 1.54) is 12.0 Å². The summed E-state index contributed by atoms with van der Waals surface area (Å²) < 4.78 is 0. The zero-order valence-corrected chi connectivity index (χ0v) is 12.0. The molecule has 1 fully saturated rings. The van der Waals surface area contributed by atoms with Gasteiger partial charge in [0, 0.05) is 30.7 Å². The molecule has 18 heavy (non-hydrogen) atoms. The van der Waals surface area contributed by atoms with Crippen LogP contribution in [0.25, 0.3) is 0 Å². The number of hydrogen-bond donors (Lipinski definition) is 1. The Labute approximate surface area is 115 Å². The Morgan fingerprint density at radius 1 is 1.33 bits per heavy atom. The van der Waals surface area contributed by atoms with Gasteiger partial charge in [0.25, 0.3) is 0 Å². The molecule has 3 heteroatoms. The molecule has 0 bridgehead atoms. The van der Waals surface area contributed by atoms with Gasteiger partial charge in [0.2, 0.25) is 0 Å². The first-order valence-corrected chi connectivity index (χ1v) is 7.17. The third kappa shape index (κ3) is 3.25. The summed E-state index contributed by atoms with van der Waals surface area (Å²) in [5, 5.41) is 0.795. The van der Waals surface area contributed by atoms with E-state index in [2.05, 4.69) is 24.8 Å². The van der Waals surface area contributed by atoms with E-state index in [1.54, 1.807) is 0 Å². The molecule has 1 aromatic rings. The molecule has 0 spiro atoms. The van der Waals surface area contributed by atoms with E-state index in [-0.39, 0.29) is 0 Å². The van der Waals surface area contributed by atoms with E-state index in [9.17, 15) is 0 Å². The van der Waals surface area contributed by atoms with Crippen molar-refractivity contribution in [2.45, 2.75) is 26.3 Å². The Kier molecular flexibility index (Phi) is 4.66. The topological polar surface area (TPSA) is 29.3 Å². The van der Waals surface area contributed by atoms with Crippen LogP contribution in [0.2, 0.25) is 5.02 Å². The first kappa shape index (κ1) is 13.9. The molecular formula is C15H23ClN2. The predicted octanol–water partition coefficient (Wildman–Crippen LogP) is 3.32. The number of piperidine rings is 1. The summed E-state index contributed by atoms with van der Waals surface area (Å²) in [4.78, 5) is 2.52. The van der Waals surface area contributed by atoms with Crippen LogP contribution in [0.3, 0.4) is 0 Å². The van der Waals surface area contributed by atoms with Crippen molar-refractivity contribution >= 4 is 11.6 Å². The number of halogens is 1. The third-order valence-electron chi connectivity index (χ3n) is 3.79. The minimum atomic E-state index is 0.300. The molecule has 1 saturated heterocycles. The van der Waals surface area contributed by atoms with Gasteiger partial charge in [-0.15, -0.1) is 0 Å². The van der Waals surface area contributed by atoms with Crippen LogP contribution in [0.5, 0.6) is 0 Å². The second-order valence-electron chi connectivity index (χ2n) is 5.71. The molecule has 1 aromatic carbocycles. The van der Waals surface area contributed by atoms with Gasteiger partial charge in [0.1, 0.15) is 0 Å². The SMILES string of the molecule is CC1CC(C)CN(C(CN)c2cccc(Cl)c2)C1. The van der Waals surface area contributed by atoms with Crippen molar-refractivity contribution in [3.8, 4) is 0 Å². The molecule has 1 aliphatic rings. The van der Waals surface area contributed by atoms with Crippen LogP contribution in [0.15, 0.2) is 24.3 Å². The number of nitrogens with two attached hydrogens (primary N) is 1. The Morgan fingerprint density at radius 3 is 2.56 bits per heavy atom. The Hall–Kier alpha value is -0.570. The molecule has 0 aromatic heterocycles. The summed E-state index contributed by atoms with van der Waals surface area (Å²) in [6, 6.07) is 8.40. The van der Waals surface area contributed by atoms with Crippen LogP contribution in [-0.4, -0.2) is 24.5 Å². The van der Waals surface area contributed by atoms with E-state index in [4.69, 9.17) is 17.3 Å². The van der Waals surface area contributed by atoms with Crippen molar-refractivity contribution in [2.75, 3.05) is 19.6 Å². The Bertz CT molecular complexity index is 384. The number of hydrogen-bond acceptors (Lipinski definition) is 2. The maximum absolute atomic E-state index is 6.08. The van der Waals surface area contributed by atoms with E-state index in [0.717, 1.165) is 29.9 Å². The van der Waals surface area contributed by atoms with Gasteiger partial charge >= 0.3 is 0 Å². The van der Waals surface area contributed by atoms with E-state index in [1.807, 2.05) is 18.2 Å². The predicted molar refractivity (Wildman–Crippen MR) is 77.8 cm³/mol. The second-order valence-corrected chi connectivity index (χ2v) is 6.14. The molecule has 2 rings (SSSR count). The van der Waals surface area contributed by atoms with Crippen LogP contribution in [0.1, 0.15) is 31.9 Å². The normalized spacial score (nSPS) is 27.1. The van der Waals surface area contributed by atoms with Crippen molar-refractivity contribution in [1.29, 1.82) is 0 Å². The summed E-state index contributed by atoms with van der Waals surface area (Å²) in [5.41, 5.74) is 7.23. The first-order valence-electron chi connectivity index (χ1n) is 6.79. The molecule has 0 aliphatic carbocycles. The maximum atomic E-state index is 6.08. The number of benzene rings is 1. The highest BCUT2D eigenvalue weighted by Gasteiger charge is 2.27. The van der Waals surface area contributed by atoms with Gasteiger partial charge < -0.3 is 5.73 Å². The molecule has 100 valence electrons. The van der Waals surface area contributed by atoms with Crippen molar-refractivity contribution in [2.24, 2.45) is 17.6 Å². The van der Waals surface area contributed by atoms with Gasteiger partial charge in [-0.05, 0) is 36.0 Å². The lowest BCUT2D eigenvalue weighted by molar-refractivity contribution is 0.0984. The molecule has 3 atom stereocenters. The van der Waals surface area contributed by atoms with Crippen molar-refractivity contribution in [3.63, 3.8) is 0 Å². The van der Waals surface area contributed by atoms with E-state index < -0.39 is 0 Å². The van der Waals surface area contributed by atoms with E-state index in [0.29, 0.717) is 12.6 Å². The first-order chi connectivity index (χ1) is 8.60. The lowest BCUT2D eigenvalue weighted by atomic mass is 9.90. The minimum Gasteiger partial charge on any atom is -0.329 e. The van der Waals surface area contributed by atoms with Crippen LogP contribution in [0.4, 0.5) is 0 Å². The van der Waals surface area contributed by atoms with Gasteiger partial charge in [0.05, 0.1) is 0 Å². The number of likely N-dealkylation sites (tertiary alicyclic amines) is 1. The monoisotopic (exact) mass is 266 g/mol. The third-order valence-corrected chi connectivity index (χ3v) is 4.03. The van der Waals surface area contributed by atoms with Crippen LogP contribution >= 0.6 is 11.6 Å². The molecule has 1 aliphatic heterocycles. The number of nitrogens with zero attached hydrogens (tertiary/aromatic N) is 1. The second kappa shape index (κ2) is 6.05. The zero-order valence-electron chi connectivity index (χ0n) is 11.3. The highest BCUT2D eigenvalue weighted by atomic mass is 35.5. The average molecular weight is 267 g/mol. The molecule has 0 saturated carbocycles. The van der Waals surface area contributed by atoms with Crippen LogP contribution < -0.4 is 5.73 Å². The molecule has 3 unspecified atom stereocenters. The van der Waals surface area contributed by atoms with Gasteiger partial charge in [-0.3, -0.25) is 4.90 Å². The fraction of sp³-hybridized carbons (Fsp3) is 0.600. The van der Waals surface area contributed by atoms with Crippen LogP contribution in [0, 0.1) is 11.8 Å². The van der Waals surface area contributed by atoms with Crippen LogP contribution in [-0.2, 0) is 0 Å². The van der Waals surface area contributed by atoms with Gasteiger partial charge in [-0.1, -0.05) is 37.6 Å². The largest absolute Gasteiger partial charge is 0.329 e. The number of rotatable bonds is 3. The van der Waals surface area contributed by atoms with Crippen molar-refractivity contribution < 1.29 is 0 Å². The summed E-state index contributed by atoms with van der Waals surface area (Å²) in [6.45, 7) is 7.58. The molecule has 0 amide bonds.